The topological polar surface area (TPSA) is 70.5 Å². The van der Waals surface area contributed by atoms with Crippen LogP contribution in [0.15, 0.2) is 0 Å². The minimum Gasteiger partial charge on any atom is -0.367 e. The van der Waals surface area contributed by atoms with Crippen LogP contribution in [0.1, 0.15) is 0 Å². The molecule has 0 spiro atoms. The first kappa shape index (κ1) is 4.05. The van der Waals surface area contributed by atoms with Crippen LogP contribution in [0.3, 0.4) is 0 Å². The molecule has 0 saturated heterocycles. The van der Waals surface area contributed by atoms with Crippen LogP contribution >= 0.6 is 0 Å². The first-order valence-corrected chi connectivity index (χ1v) is 0.970. The molecule has 0 radical (unpaired) electrons. The lowest BCUT2D eigenvalue weighted by Crippen LogP contribution is -1.78. The fraction of sp³-hybridized carbons (Fsp3) is 0. The molecular formula is CH4N4. The molecule has 0 rings (SSSR count). The van der Waals surface area contributed by atoms with Gasteiger partial charge in [0, 0.05) is 0 Å². The molecule has 0 aliphatic heterocycles. The summed E-state index contributed by atoms with van der Waals surface area (Å²) in [5.41, 5.74) is 7.29. The second kappa shape index (κ2) is 3.05. The van der Waals surface area contributed by atoms with Crippen molar-refractivity contribution in [3.8, 4) is 6.19 Å². The molecule has 0 aromatic carbocycles. The highest BCUT2D eigenvalue weighted by molar-refractivity contribution is 4.85. The third-order valence-corrected chi connectivity index (χ3v) is 0.115. The van der Waals surface area contributed by atoms with Crippen molar-refractivity contribution in [3.63, 3.8) is 0 Å². The van der Waals surface area contributed by atoms with E-state index in [1.807, 2.05) is 6.19 Å². The van der Waals surface area contributed by atoms with Crippen molar-refractivity contribution < 1.29 is 0 Å². The molecule has 0 aromatic rings. The molecular weight excluding hydrogens is 68.0 g/mol. The Morgan fingerprint density at radius 3 is 2.40 bits per heavy atom. The maximum atomic E-state index is 4.55. The van der Waals surface area contributed by atoms with Gasteiger partial charge in [-0.3, -0.25) is 0 Å². The lowest BCUT2D eigenvalue weighted by atomic mass is 11.5. The van der Waals surface area contributed by atoms with E-state index in [0.29, 0.717) is 0 Å². The van der Waals surface area contributed by atoms with Crippen molar-refractivity contribution in [2.24, 2.45) is 11.6 Å². The van der Waals surface area contributed by atoms with Crippen LogP contribution in [-0.2, 0) is 0 Å². The van der Waals surface area contributed by atoms with Gasteiger partial charge >= 0.3 is 6.19 Å². The number of nitrogens with two attached hydrogens (primary N) is 2. The second-order valence-electron chi connectivity index (χ2n) is 0.345. The van der Waals surface area contributed by atoms with Crippen molar-refractivity contribution >= 4 is 0 Å². The summed E-state index contributed by atoms with van der Waals surface area (Å²) in [5.74, 6) is 4.45. The van der Waals surface area contributed by atoms with E-state index < -0.39 is 0 Å². The maximum Gasteiger partial charge on any atom is 0.360 e. The summed E-state index contributed by atoms with van der Waals surface area (Å²) in [4.78, 5) is 2.90. The number of rotatable bonds is 0. The van der Waals surface area contributed by atoms with E-state index in [4.69, 9.17) is 0 Å². The fourth-order valence-corrected chi connectivity index (χ4v) is 0.0333. The Kier molecular flexibility index (Phi) is 2.47. The first-order valence-electron chi connectivity index (χ1n) is 0.970. The third-order valence-electron chi connectivity index (χ3n) is 0.115. The van der Waals surface area contributed by atoms with E-state index >= 15 is 0 Å². The number of hydrogen-bond acceptors (Lipinski definition) is 2. The Hall–Kier alpha value is -0.950. The van der Waals surface area contributed by atoms with Gasteiger partial charge in [-0.15, -0.1) is 0 Å². The standard InChI is InChI=1S/CH4N4/c2-1-4-5-3/h2-3H2. The van der Waals surface area contributed by atoms with Gasteiger partial charge in [-0.25, -0.2) is 10.7 Å². The molecule has 28 valence electrons. The molecule has 4 N–H and O–H groups in total. The predicted molar refractivity (Wildman–Crippen MR) is 19.0 cm³/mol. The highest BCUT2D eigenvalue weighted by atomic mass is 15.5. The van der Waals surface area contributed by atoms with Gasteiger partial charge in [0.05, 0.1) is 0 Å². The highest BCUT2D eigenvalue weighted by Crippen LogP contribution is 1.62. The van der Waals surface area contributed by atoms with Crippen molar-refractivity contribution in [1.29, 1.82) is 0 Å². The van der Waals surface area contributed by atoms with Crippen LogP contribution in [0.25, 0.3) is 10.5 Å². The fourth-order valence-electron chi connectivity index (χ4n) is 0.0333. The smallest absolute Gasteiger partial charge is 0.360 e. The van der Waals surface area contributed by atoms with Crippen LogP contribution in [-0.4, -0.2) is 0 Å². The van der Waals surface area contributed by atoms with Gasteiger partial charge < -0.3 is 11.4 Å². The van der Waals surface area contributed by atoms with E-state index in [1.165, 1.54) is 0 Å². The quantitative estimate of drug-likeness (QED) is 0.173. The van der Waals surface area contributed by atoms with Crippen molar-refractivity contribution in [3.05, 3.63) is 10.5 Å². The summed E-state index contributed by atoms with van der Waals surface area (Å²) in [6, 6.07) is 0. The molecule has 0 saturated carbocycles. The van der Waals surface area contributed by atoms with E-state index in [-0.39, 0.29) is 0 Å². The number of hydrogen-bond donors (Lipinski definition) is 2. The average Bonchev–Trinajstić information content (AvgIpc) is 1.41. The average molecular weight is 72.1 g/mol. The zero-order chi connectivity index (χ0) is 4.12. The molecule has 0 atom stereocenters. The van der Waals surface area contributed by atoms with Gasteiger partial charge in [-0.2, -0.15) is 0 Å². The Morgan fingerprint density at radius 2 is 2.40 bits per heavy atom. The molecule has 4 nitrogen and oxygen atoms in total. The lowest BCUT2D eigenvalue weighted by Gasteiger charge is -1.80. The van der Waals surface area contributed by atoms with Crippen molar-refractivity contribution in [2.45, 2.75) is 0 Å². The normalized spacial score (nSPS) is 4.20. The minimum absolute atomic E-state index is 1.85. The molecule has 0 bridgehead atoms. The Labute approximate surface area is 29.5 Å². The molecule has 0 aliphatic carbocycles. The van der Waals surface area contributed by atoms with Crippen LogP contribution in [0, 0.1) is 6.19 Å². The van der Waals surface area contributed by atoms with Crippen LogP contribution < -0.4 is 11.6 Å². The van der Waals surface area contributed by atoms with Crippen LogP contribution in [0.2, 0.25) is 0 Å². The van der Waals surface area contributed by atoms with Gasteiger partial charge in [-0.05, 0) is 0 Å². The molecule has 0 heterocycles. The second-order valence-corrected chi connectivity index (χ2v) is 0.345. The molecule has 4 heteroatoms. The zero-order valence-corrected chi connectivity index (χ0v) is 2.55. The Bertz CT molecular complexity index is 55.8. The highest BCUT2D eigenvalue weighted by Gasteiger charge is 1.40. The van der Waals surface area contributed by atoms with Gasteiger partial charge in [0.2, 0.25) is 0 Å². The van der Waals surface area contributed by atoms with Gasteiger partial charge in [0.1, 0.15) is 0 Å². The van der Waals surface area contributed by atoms with Gasteiger partial charge in [0.25, 0.3) is 0 Å². The van der Waals surface area contributed by atoms with Crippen LogP contribution in [0.4, 0.5) is 0 Å². The molecule has 0 unspecified atom stereocenters. The van der Waals surface area contributed by atoms with E-state index in [1.54, 1.807) is 0 Å². The summed E-state index contributed by atoms with van der Waals surface area (Å²) in [6.45, 7) is 0. The molecule has 0 amide bonds. The summed E-state index contributed by atoms with van der Waals surface area (Å²) < 4.78 is 0. The molecule has 0 aromatic heterocycles. The third kappa shape index (κ3) is 3.05. The van der Waals surface area contributed by atoms with E-state index in [2.05, 4.69) is 22.1 Å². The van der Waals surface area contributed by atoms with Crippen LogP contribution in [0.5, 0.6) is 0 Å². The van der Waals surface area contributed by atoms with Crippen molar-refractivity contribution in [1.82, 2.24) is 0 Å². The lowest BCUT2D eigenvalue weighted by molar-refractivity contribution is 1.47. The number of nitrogens with zero attached hydrogens (tertiary/aromatic N) is 2. The largest absolute Gasteiger partial charge is 0.367 e. The van der Waals surface area contributed by atoms with Gasteiger partial charge in [0.15, 0.2) is 0 Å². The molecule has 5 heavy (non-hydrogen) atoms. The first-order chi connectivity index (χ1) is 2.41. The van der Waals surface area contributed by atoms with Crippen molar-refractivity contribution in [2.75, 3.05) is 0 Å². The van der Waals surface area contributed by atoms with Gasteiger partial charge in [-0.1, -0.05) is 0 Å². The van der Waals surface area contributed by atoms with E-state index in [0.717, 1.165) is 0 Å². The Balaban J connectivity index is 2.81. The summed E-state index contributed by atoms with van der Waals surface area (Å²) >= 11 is 0. The van der Waals surface area contributed by atoms with E-state index in [9.17, 15) is 0 Å². The maximum absolute atomic E-state index is 4.55. The SMILES string of the molecule is NC#[N+][N-]N. The minimum atomic E-state index is 1.85. The summed E-state index contributed by atoms with van der Waals surface area (Å²) in [5, 5.41) is 0. The molecule has 0 aliphatic rings. The zero-order valence-electron chi connectivity index (χ0n) is 2.55. The Morgan fingerprint density at radius 1 is 1.80 bits per heavy atom. The predicted octanol–water partition coefficient (Wildman–Crippen LogP) is -0.602. The monoisotopic (exact) mass is 72.0 g/mol. The molecule has 0 fully saturated rings. The summed E-state index contributed by atoms with van der Waals surface area (Å²) in [7, 11) is 0. The summed E-state index contributed by atoms with van der Waals surface area (Å²) in [6.07, 6.45) is 1.85.